The predicted octanol–water partition coefficient (Wildman–Crippen LogP) is 6.67. The average molecular weight is 513 g/mol. The Balaban J connectivity index is 1.57. The third kappa shape index (κ3) is 3.58. The fourth-order valence-corrected chi connectivity index (χ4v) is 5.23. The van der Waals surface area contributed by atoms with Crippen molar-refractivity contribution in [2.75, 3.05) is 12.0 Å². The smallest absolute Gasteiger partial charge is 0.294 e. The van der Waals surface area contributed by atoms with Crippen LogP contribution in [-0.4, -0.2) is 28.9 Å². The number of anilines is 1. The highest BCUT2D eigenvalue weighted by Crippen LogP contribution is 2.46. The summed E-state index contributed by atoms with van der Waals surface area (Å²) in [6, 6.07) is 20.3. The van der Waals surface area contributed by atoms with Gasteiger partial charge in [0.15, 0.2) is 11.5 Å². The number of nitrogens with one attached hydrogen (secondary N) is 1. The molecule has 3 heterocycles. The highest BCUT2D eigenvalue weighted by molar-refractivity contribution is 6.31. The predicted molar refractivity (Wildman–Crippen MR) is 141 cm³/mol. The van der Waals surface area contributed by atoms with Gasteiger partial charge in [-0.25, -0.2) is 0 Å². The number of para-hydroxylation sites is 1. The van der Waals surface area contributed by atoms with Gasteiger partial charge in [-0.1, -0.05) is 35.9 Å². The molecule has 2 aromatic heterocycles. The minimum absolute atomic E-state index is 0.00148. The van der Waals surface area contributed by atoms with Crippen LogP contribution in [-0.2, 0) is 4.79 Å². The summed E-state index contributed by atoms with van der Waals surface area (Å²) >= 11 is 6.11. The van der Waals surface area contributed by atoms with E-state index >= 15 is 0 Å². The van der Waals surface area contributed by atoms with Crippen LogP contribution < -0.4 is 9.64 Å². The minimum Gasteiger partial charge on any atom is -0.503 e. The fourth-order valence-electron chi connectivity index (χ4n) is 5.05. The number of furan rings is 1. The van der Waals surface area contributed by atoms with Crippen molar-refractivity contribution < 1.29 is 23.8 Å². The SMILES string of the molecule is COc1cccc(N2C(=O)C(O)=C(C(=O)c3cc4cc(Cl)ccc4o3)C2c2c(C)[nH]c3ccccc23)c1. The Morgan fingerprint density at radius 3 is 2.70 bits per heavy atom. The number of methoxy groups -OCH3 is 1. The average Bonchev–Trinajstić information content (AvgIpc) is 3.54. The van der Waals surface area contributed by atoms with Crippen molar-refractivity contribution in [3.05, 3.63) is 106 Å². The number of aryl methyl sites for hydroxylation is 1. The van der Waals surface area contributed by atoms with Gasteiger partial charge < -0.3 is 19.2 Å². The van der Waals surface area contributed by atoms with E-state index < -0.39 is 23.5 Å². The first-order chi connectivity index (χ1) is 17.9. The van der Waals surface area contributed by atoms with Gasteiger partial charge in [0.2, 0.25) is 5.78 Å². The van der Waals surface area contributed by atoms with Gasteiger partial charge in [-0.15, -0.1) is 0 Å². The lowest BCUT2D eigenvalue weighted by Gasteiger charge is -2.27. The van der Waals surface area contributed by atoms with Crippen LogP contribution in [0.15, 0.2) is 88.5 Å². The van der Waals surface area contributed by atoms with Crippen molar-refractivity contribution in [1.82, 2.24) is 4.98 Å². The molecular formula is C29H21ClN2O5. The first kappa shape index (κ1) is 22.9. The molecule has 0 fully saturated rings. The molecule has 0 spiro atoms. The second-order valence-electron chi connectivity index (χ2n) is 8.87. The number of rotatable bonds is 5. The van der Waals surface area contributed by atoms with Gasteiger partial charge in [0.05, 0.1) is 18.7 Å². The molecule has 1 atom stereocenters. The van der Waals surface area contributed by atoms with Crippen LogP contribution in [0.4, 0.5) is 5.69 Å². The van der Waals surface area contributed by atoms with Crippen LogP contribution in [0.1, 0.15) is 27.9 Å². The van der Waals surface area contributed by atoms with E-state index in [9.17, 15) is 14.7 Å². The summed E-state index contributed by atoms with van der Waals surface area (Å²) in [6.07, 6.45) is 0. The molecule has 0 bridgehead atoms. The van der Waals surface area contributed by atoms with Crippen LogP contribution in [0.25, 0.3) is 21.9 Å². The zero-order chi connectivity index (χ0) is 25.8. The lowest BCUT2D eigenvalue weighted by Crippen LogP contribution is -2.31. The molecule has 7 nitrogen and oxygen atoms in total. The molecule has 1 amide bonds. The van der Waals surface area contributed by atoms with E-state index in [1.807, 2.05) is 31.2 Å². The maximum absolute atomic E-state index is 14.0. The van der Waals surface area contributed by atoms with Crippen LogP contribution in [0, 0.1) is 6.92 Å². The van der Waals surface area contributed by atoms with Crippen molar-refractivity contribution in [2.24, 2.45) is 0 Å². The topological polar surface area (TPSA) is 95.8 Å². The number of aromatic nitrogens is 1. The summed E-state index contributed by atoms with van der Waals surface area (Å²) in [7, 11) is 1.53. The molecule has 2 N–H and O–H groups in total. The number of hydrogen-bond donors (Lipinski definition) is 2. The first-order valence-electron chi connectivity index (χ1n) is 11.6. The minimum atomic E-state index is -0.917. The lowest BCUT2D eigenvalue weighted by atomic mass is 9.92. The molecular weight excluding hydrogens is 492 g/mol. The zero-order valence-electron chi connectivity index (χ0n) is 19.9. The Morgan fingerprint density at radius 2 is 1.89 bits per heavy atom. The van der Waals surface area contributed by atoms with E-state index in [0.29, 0.717) is 33.0 Å². The van der Waals surface area contributed by atoms with Crippen molar-refractivity contribution in [3.63, 3.8) is 0 Å². The summed E-state index contributed by atoms with van der Waals surface area (Å²) in [5.74, 6) is -1.36. The third-order valence-electron chi connectivity index (χ3n) is 6.70. The van der Waals surface area contributed by atoms with E-state index in [1.165, 1.54) is 12.0 Å². The lowest BCUT2D eigenvalue weighted by molar-refractivity contribution is -0.117. The van der Waals surface area contributed by atoms with Gasteiger partial charge in [-0.3, -0.25) is 14.5 Å². The second-order valence-corrected chi connectivity index (χ2v) is 9.31. The van der Waals surface area contributed by atoms with Gasteiger partial charge in [0, 0.05) is 44.3 Å². The number of aliphatic hydroxyl groups is 1. The second kappa shape index (κ2) is 8.57. The highest BCUT2D eigenvalue weighted by Gasteiger charge is 2.47. The van der Waals surface area contributed by atoms with E-state index in [4.69, 9.17) is 20.8 Å². The van der Waals surface area contributed by atoms with Crippen molar-refractivity contribution >= 4 is 50.9 Å². The normalized spacial score (nSPS) is 15.8. The number of nitrogens with zero attached hydrogens (tertiary/aromatic N) is 1. The molecule has 0 radical (unpaired) electrons. The number of carbonyl (C=O) groups is 2. The van der Waals surface area contributed by atoms with E-state index in [-0.39, 0.29) is 11.3 Å². The summed E-state index contributed by atoms with van der Waals surface area (Å²) < 4.78 is 11.2. The summed E-state index contributed by atoms with van der Waals surface area (Å²) in [6.45, 7) is 1.88. The Kier molecular flexibility index (Phi) is 5.31. The number of fused-ring (bicyclic) bond motifs is 2. The first-order valence-corrected chi connectivity index (χ1v) is 12.0. The number of benzene rings is 3. The van der Waals surface area contributed by atoms with E-state index in [2.05, 4.69) is 4.98 Å². The number of hydrogen-bond acceptors (Lipinski definition) is 5. The number of aromatic amines is 1. The summed E-state index contributed by atoms with van der Waals surface area (Å²) in [4.78, 5) is 32.3. The van der Waals surface area contributed by atoms with E-state index in [0.717, 1.165) is 16.6 Å². The highest BCUT2D eigenvalue weighted by atomic mass is 35.5. The standard InChI is InChI=1S/C29H21ClN2O5/c1-15-24(20-8-3-4-9-21(20)31-15)26-25(27(33)23-13-16-12-17(30)10-11-22(16)37-23)28(34)29(35)32(26)18-6-5-7-19(14-18)36-2/h3-14,26,31,34H,1-2H3. The summed E-state index contributed by atoms with van der Waals surface area (Å²) in [5.41, 5.74) is 3.21. The molecule has 8 heteroatoms. The van der Waals surface area contributed by atoms with E-state index in [1.54, 1.807) is 48.5 Å². The maximum Gasteiger partial charge on any atom is 0.294 e. The monoisotopic (exact) mass is 512 g/mol. The van der Waals surface area contributed by atoms with Crippen molar-refractivity contribution in [2.45, 2.75) is 13.0 Å². The largest absolute Gasteiger partial charge is 0.503 e. The Bertz CT molecular complexity index is 1760. The van der Waals surface area contributed by atoms with Crippen LogP contribution >= 0.6 is 11.6 Å². The van der Waals surface area contributed by atoms with Crippen LogP contribution in [0.5, 0.6) is 5.75 Å². The number of H-pyrrole nitrogens is 1. The molecule has 1 aliphatic heterocycles. The molecule has 0 saturated heterocycles. The third-order valence-corrected chi connectivity index (χ3v) is 6.94. The molecule has 3 aromatic carbocycles. The number of ketones is 1. The molecule has 184 valence electrons. The molecule has 6 rings (SSSR count). The van der Waals surface area contributed by atoms with Crippen LogP contribution in [0.3, 0.4) is 0 Å². The van der Waals surface area contributed by atoms with Gasteiger partial charge in [-0.05, 0) is 49.4 Å². The van der Waals surface area contributed by atoms with Gasteiger partial charge >= 0.3 is 0 Å². The quantitative estimate of drug-likeness (QED) is 0.256. The molecule has 1 aliphatic rings. The molecule has 0 aliphatic carbocycles. The zero-order valence-corrected chi connectivity index (χ0v) is 20.7. The van der Waals surface area contributed by atoms with Gasteiger partial charge in [-0.2, -0.15) is 0 Å². The maximum atomic E-state index is 14.0. The molecule has 0 saturated carbocycles. The number of ether oxygens (including phenoxy) is 1. The fraction of sp³-hybridized carbons (Fsp3) is 0.103. The van der Waals surface area contributed by atoms with Crippen molar-refractivity contribution in [1.29, 1.82) is 0 Å². The Morgan fingerprint density at radius 1 is 1.08 bits per heavy atom. The number of halogens is 1. The summed E-state index contributed by atoms with van der Waals surface area (Å²) in [5, 5.41) is 13.1. The molecule has 37 heavy (non-hydrogen) atoms. The van der Waals surface area contributed by atoms with Gasteiger partial charge in [0.1, 0.15) is 11.3 Å². The number of Topliss-reactive ketones (excluding diaryl/α,β-unsaturated/α-hetero) is 1. The number of amides is 1. The van der Waals surface area contributed by atoms with Crippen molar-refractivity contribution in [3.8, 4) is 5.75 Å². The Labute approximate surface area is 216 Å². The molecule has 5 aromatic rings. The number of aliphatic hydroxyl groups excluding tert-OH is 1. The molecule has 1 unspecified atom stereocenters. The van der Waals surface area contributed by atoms with Crippen LogP contribution in [0.2, 0.25) is 5.02 Å². The Hall–Kier alpha value is -4.49. The number of carbonyl (C=O) groups excluding carboxylic acids is 2. The van der Waals surface area contributed by atoms with Gasteiger partial charge in [0.25, 0.3) is 5.91 Å².